The number of nitrogens with zero attached hydrogens (tertiary/aromatic N) is 1. The Morgan fingerprint density at radius 3 is 2.74 bits per heavy atom. The first-order valence-electron chi connectivity index (χ1n) is 10.9. The Kier molecular flexibility index (Phi) is 5.80. The highest BCUT2D eigenvalue weighted by molar-refractivity contribution is 7.91. The Morgan fingerprint density at radius 1 is 1.26 bits per heavy atom. The first kappa shape index (κ1) is 23.4. The first-order chi connectivity index (χ1) is 16.6. The van der Waals surface area contributed by atoms with Gasteiger partial charge in [-0.3, -0.25) is 14.4 Å². The lowest BCUT2D eigenvalue weighted by molar-refractivity contribution is -0.126. The molecule has 0 spiro atoms. The summed E-state index contributed by atoms with van der Waals surface area (Å²) in [5.41, 5.74) is 2.57. The van der Waals surface area contributed by atoms with Crippen molar-refractivity contribution in [2.45, 2.75) is 30.6 Å². The summed E-state index contributed by atoms with van der Waals surface area (Å²) in [4.78, 5) is 40.6. The van der Waals surface area contributed by atoms with Gasteiger partial charge in [0.1, 0.15) is 10.8 Å². The number of benzene rings is 2. The number of sulfone groups is 1. The summed E-state index contributed by atoms with van der Waals surface area (Å²) in [5, 5.41) is 6.17. The molecule has 12 heteroatoms. The van der Waals surface area contributed by atoms with Crippen LogP contribution in [0.3, 0.4) is 0 Å². The van der Waals surface area contributed by atoms with Crippen LogP contribution in [0.15, 0.2) is 30.3 Å². The van der Waals surface area contributed by atoms with E-state index in [1.807, 2.05) is 0 Å². The largest absolute Gasteiger partial charge is 0.352 e. The maximum atomic E-state index is 15.0. The van der Waals surface area contributed by atoms with Gasteiger partial charge in [0.15, 0.2) is 15.1 Å². The van der Waals surface area contributed by atoms with E-state index in [1.165, 1.54) is 12.1 Å². The van der Waals surface area contributed by atoms with Crippen LogP contribution in [-0.2, 0) is 30.6 Å². The average Bonchev–Trinajstić information content (AvgIpc) is 3.36. The fraction of sp³-hybridized carbons (Fsp3) is 0.304. The lowest BCUT2D eigenvalue weighted by Gasteiger charge is -2.12. The molecule has 0 bridgehead atoms. The molecule has 2 heterocycles. The molecule has 3 N–H and O–H groups in total. The number of hydrogen-bond acceptors (Lipinski definition) is 7. The zero-order valence-electron chi connectivity index (χ0n) is 18.6. The third kappa shape index (κ3) is 4.89. The molecule has 2 aromatic carbocycles. The normalized spacial score (nSPS) is 16.0. The second-order valence-electron chi connectivity index (χ2n) is 8.72. The number of halogens is 1. The summed E-state index contributed by atoms with van der Waals surface area (Å²) >= 11 is 0.908. The highest BCUT2D eigenvalue weighted by atomic mass is 32.2. The van der Waals surface area contributed by atoms with Gasteiger partial charge in [0.05, 0.1) is 23.2 Å². The van der Waals surface area contributed by atoms with E-state index >= 15 is 4.39 Å². The Balaban J connectivity index is 1.44. The summed E-state index contributed by atoms with van der Waals surface area (Å²) in [6.45, 7) is -0.347. The molecule has 1 aliphatic carbocycles. The fourth-order valence-electron chi connectivity index (χ4n) is 3.95. The zero-order chi connectivity index (χ0) is 24.9. The summed E-state index contributed by atoms with van der Waals surface area (Å²) < 4.78 is 40.3. The highest BCUT2D eigenvalue weighted by Crippen LogP contribution is 2.36. The summed E-state index contributed by atoms with van der Waals surface area (Å²) in [5.74, 6) is -1.93. The van der Waals surface area contributed by atoms with Crippen LogP contribution in [0, 0.1) is 5.82 Å². The van der Waals surface area contributed by atoms with Gasteiger partial charge in [0, 0.05) is 23.5 Å². The fourth-order valence-corrected chi connectivity index (χ4v) is 6.47. The molecule has 5 rings (SSSR count). The molecule has 3 aromatic rings. The number of carbonyl (C=O) groups is 3. The number of carbonyl (C=O) groups excluding carboxylic acids is 3. The predicted octanol–water partition coefficient (Wildman–Crippen LogP) is 2.08. The van der Waals surface area contributed by atoms with Crippen LogP contribution < -0.4 is 16.0 Å². The Labute approximate surface area is 204 Å². The minimum absolute atomic E-state index is 0.0112. The Morgan fingerprint density at radius 2 is 2.03 bits per heavy atom. The van der Waals surface area contributed by atoms with Crippen LogP contribution in [0.1, 0.15) is 28.7 Å². The van der Waals surface area contributed by atoms with E-state index in [9.17, 15) is 22.8 Å². The van der Waals surface area contributed by atoms with E-state index in [-0.39, 0.29) is 35.5 Å². The van der Waals surface area contributed by atoms with Gasteiger partial charge in [0.25, 0.3) is 0 Å². The monoisotopic (exact) mass is 516 g/mol. The number of fused-ring (bicyclic) bond motifs is 2. The van der Waals surface area contributed by atoms with Crippen LogP contribution >= 0.6 is 11.3 Å². The number of amides is 3. The summed E-state index contributed by atoms with van der Waals surface area (Å²) in [7, 11) is -3.94. The van der Waals surface area contributed by atoms with E-state index in [4.69, 9.17) is 0 Å². The average molecular weight is 517 g/mol. The van der Waals surface area contributed by atoms with Crippen LogP contribution in [-0.4, -0.2) is 50.0 Å². The molecule has 1 unspecified atom stereocenters. The lowest BCUT2D eigenvalue weighted by atomic mass is 10.0. The second-order valence-corrected chi connectivity index (χ2v) is 11.9. The highest BCUT2D eigenvalue weighted by Gasteiger charge is 2.34. The Hall–Kier alpha value is -3.38. The molecule has 3 amide bonds. The van der Waals surface area contributed by atoms with Gasteiger partial charge in [-0.1, -0.05) is 6.07 Å². The van der Waals surface area contributed by atoms with Crippen molar-refractivity contribution in [2.24, 2.45) is 0 Å². The van der Waals surface area contributed by atoms with Gasteiger partial charge in [0.2, 0.25) is 17.7 Å². The smallest absolute Gasteiger partial charge is 0.245 e. The molecule has 1 saturated carbocycles. The molecular formula is C23H21FN4O5S2. The van der Waals surface area contributed by atoms with Gasteiger partial charge in [-0.05, 0) is 48.2 Å². The topological polar surface area (TPSA) is 134 Å². The predicted molar refractivity (Wildman–Crippen MR) is 129 cm³/mol. The van der Waals surface area contributed by atoms with Crippen LogP contribution in [0.2, 0.25) is 0 Å². The van der Waals surface area contributed by atoms with E-state index in [0.29, 0.717) is 21.5 Å². The first-order valence-corrected chi connectivity index (χ1v) is 13.6. The van der Waals surface area contributed by atoms with Crippen molar-refractivity contribution in [3.05, 3.63) is 46.7 Å². The molecule has 1 fully saturated rings. The van der Waals surface area contributed by atoms with Gasteiger partial charge in [-0.2, -0.15) is 0 Å². The standard InChI is InChI=1S/C23H21FN4O5S2/c1-35(32,33)21(22(31)25-10-20(30)26-13-3-4-13)23-28-17-8-14(15(24)9-18(17)34-23)11-2-5-16-12(6-11)7-19(29)27-16/h2,5-6,8-9,13,21H,3-4,7,10H2,1H3,(H,25,31)(H,26,30)(H,27,29). The molecule has 35 heavy (non-hydrogen) atoms. The van der Waals surface area contributed by atoms with Gasteiger partial charge in [-0.15, -0.1) is 11.3 Å². The number of thiazole rings is 1. The van der Waals surface area contributed by atoms with E-state index in [1.54, 1.807) is 18.2 Å². The molecule has 1 atom stereocenters. The number of rotatable bonds is 7. The zero-order valence-corrected chi connectivity index (χ0v) is 20.2. The van der Waals surface area contributed by atoms with Crippen LogP contribution in [0.5, 0.6) is 0 Å². The number of nitrogens with one attached hydrogen (secondary N) is 3. The molecule has 2 aliphatic rings. The van der Waals surface area contributed by atoms with Crippen molar-refractivity contribution < 1.29 is 27.2 Å². The van der Waals surface area contributed by atoms with Crippen molar-refractivity contribution in [3.63, 3.8) is 0 Å². The minimum atomic E-state index is -3.94. The number of aromatic nitrogens is 1. The van der Waals surface area contributed by atoms with Gasteiger partial charge < -0.3 is 16.0 Å². The van der Waals surface area contributed by atoms with E-state index < -0.39 is 32.7 Å². The third-order valence-electron chi connectivity index (χ3n) is 5.79. The molecule has 9 nitrogen and oxygen atoms in total. The SMILES string of the molecule is CS(=O)(=O)C(C(=O)NCC(=O)NC1CC1)c1nc2cc(-c3ccc4c(c3)CC(=O)N4)c(F)cc2s1. The second kappa shape index (κ2) is 8.68. The Bertz CT molecular complexity index is 1500. The molecule has 1 aliphatic heterocycles. The summed E-state index contributed by atoms with van der Waals surface area (Å²) in [6, 6.07) is 7.97. The van der Waals surface area contributed by atoms with Crippen LogP contribution in [0.25, 0.3) is 21.3 Å². The van der Waals surface area contributed by atoms with Crippen LogP contribution in [0.4, 0.5) is 10.1 Å². The third-order valence-corrected chi connectivity index (χ3v) is 8.32. The maximum Gasteiger partial charge on any atom is 0.245 e. The lowest BCUT2D eigenvalue weighted by Crippen LogP contribution is -2.41. The van der Waals surface area contributed by atoms with Gasteiger partial charge >= 0.3 is 0 Å². The molecular weight excluding hydrogens is 495 g/mol. The van der Waals surface area contributed by atoms with E-state index in [0.717, 1.165) is 36.0 Å². The van der Waals surface area contributed by atoms with Crippen molar-refractivity contribution in [1.29, 1.82) is 0 Å². The molecule has 1 aromatic heterocycles. The van der Waals surface area contributed by atoms with Crippen molar-refractivity contribution in [2.75, 3.05) is 18.1 Å². The van der Waals surface area contributed by atoms with Gasteiger partial charge in [-0.25, -0.2) is 17.8 Å². The number of hydrogen-bond donors (Lipinski definition) is 3. The van der Waals surface area contributed by atoms with E-state index in [2.05, 4.69) is 20.9 Å². The minimum Gasteiger partial charge on any atom is -0.352 e. The quantitative estimate of drug-likeness (QED) is 0.440. The van der Waals surface area contributed by atoms with Crippen molar-refractivity contribution in [3.8, 4) is 11.1 Å². The summed E-state index contributed by atoms with van der Waals surface area (Å²) in [6.07, 6.45) is 2.89. The molecule has 0 radical (unpaired) electrons. The maximum absolute atomic E-state index is 15.0. The molecule has 182 valence electrons. The molecule has 0 saturated heterocycles. The number of anilines is 1. The van der Waals surface area contributed by atoms with Crippen molar-refractivity contribution >= 4 is 54.8 Å². The van der Waals surface area contributed by atoms with Crippen molar-refractivity contribution in [1.82, 2.24) is 15.6 Å².